The van der Waals surface area contributed by atoms with Gasteiger partial charge in [-0.05, 0) is 36.4 Å². The molecule has 1 heterocycles. The molecule has 0 aliphatic heterocycles. The number of benzene rings is 1. The van der Waals surface area contributed by atoms with Gasteiger partial charge in [-0.25, -0.2) is 0 Å². The monoisotopic (exact) mass is 352 g/mol. The summed E-state index contributed by atoms with van der Waals surface area (Å²) in [7, 11) is 0. The van der Waals surface area contributed by atoms with Crippen LogP contribution in [0.3, 0.4) is 0 Å². The van der Waals surface area contributed by atoms with Crippen LogP contribution in [0.5, 0.6) is 0 Å². The summed E-state index contributed by atoms with van der Waals surface area (Å²) >= 11 is 9.11. The second-order valence-corrected chi connectivity index (χ2v) is 7.06. The topological polar surface area (TPSA) is 42.0 Å². The molecule has 0 saturated carbocycles. The van der Waals surface area contributed by atoms with E-state index in [1.54, 1.807) is 29.7 Å². The number of carbonyl (C=O) groups excluding carboxylic acids is 1. The molecular weight excluding hydrogens is 336 g/mol. The molecule has 2 rings (SSSR count). The predicted molar refractivity (Wildman–Crippen MR) is 95.6 cm³/mol. The Bertz CT molecular complexity index is 578. The standard InChI is InChI=1S/C16H17ClN2OS2/c17-13-4-6-15(7-5-13)22-10-9-19-16(20)12-21-11-14-3-1-2-8-18-14/h1-8H,9-12H2,(H,19,20). The highest BCUT2D eigenvalue weighted by Crippen LogP contribution is 2.19. The van der Waals surface area contributed by atoms with Gasteiger partial charge in [-0.1, -0.05) is 17.7 Å². The lowest BCUT2D eigenvalue weighted by Crippen LogP contribution is -2.27. The van der Waals surface area contributed by atoms with Gasteiger partial charge in [0.05, 0.1) is 11.4 Å². The zero-order valence-corrected chi connectivity index (χ0v) is 14.4. The van der Waals surface area contributed by atoms with Gasteiger partial charge in [-0.3, -0.25) is 9.78 Å². The van der Waals surface area contributed by atoms with Crippen LogP contribution in [0.1, 0.15) is 5.69 Å². The number of halogens is 1. The van der Waals surface area contributed by atoms with Crippen LogP contribution in [0.25, 0.3) is 0 Å². The Morgan fingerprint density at radius 1 is 1.18 bits per heavy atom. The van der Waals surface area contributed by atoms with E-state index in [9.17, 15) is 4.79 Å². The number of aromatic nitrogens is 1. The molecule has 3 nitrogen and oxygen atoms in total. The highest BCUT2D eigenvalue weighted by molar-refractivity contribution is 7.99. The Hall–Kier alpha value is -1.17. The Labute approximate surface area is 144 Å². The van der Waals surface area contributed by atoms with E-state index in [0.29, 0.717) is 12.3 Å². The number of hydrogen-bond acceptors (Lipinski definition) is 4. The van der Waals surface area contributed by atoms with Crippen molar-refractivity contribution in [3.8, 4) is 0 Å². The van der Waals surface area contributed by atoms with Crippen LogP contribution in [-0.4, -0.2) is 28.9 Å². The molecule has 6 heteroatoms. The summed E-state index contributed by atoms with van der Waals surface area (Å²) in [5, 5.41) is 3.66. The lowest BCUT2D eigenvalue weighted by atomic mass is 10.4. The Kier molecular flexibility index (Phi) is 7.63. The van der Waals surface area contributed by atoms with Gasteiger partial charge in [0, 0.05) is 34.2 Å². The van der Waals surface area contributed by atoms with E-state index in [4.69, 9.17) is 11.6 Å². The number of carbonyl (C=O) groups is 1. The number of hydrogen-bond donors (Lipinski definition) is 1. The number of amides is 1. The summed E-state index contributed by atoms with van der Waals surface area (Å²) in [6.45, 7) is 0.663. The lowest BCUT2D eigenvalue weighted by Gasteiger charge is -2.05. The number of rotatable bonds is 8. The second kappa shape index (κ2) is 9.77. The average Bonchev–Trinajstić information content (AvgIpc) is 2.54. The third-order valence-corrected chi connectivity index (χ3v) is 4.95. The lowest BCUT2D eigenvalue weighted by molar-refractivity contribution is -0.118. The van der Waals surface area contributed by atoms with Crippen molar-refractivity contribution in [3.63, 3.8) is 0 Å². The molecule has 0 fully saturated rings. The summed E-state index contributed by atoms with van der Waals surface area (Å²) in [5.41, 5.74) is 0.999. The Morgan fingerprint density at radius 2 is 2.00 bits per heavy atom. The van der Waals surface area contributed by atoms with Gasteiger partial charge in [0.15, 0.2) is 0 Å². The Morgan fingerprint density at radius 3 is 2.73 bits per heavy atom. The molecule has 2 aromatic rings. The highest BCUT2D eigenvalue weighted by atomic mass is 35.5. The first-order chi connectivity index (χ1) is 10.7. The smallest absolute Gasteiger partial charge is 0.230 e. The maximum Gasteiger partial charge on any atom is 0.230 e. The van der Waals surface area contributed by atoms with Crippen molar-refractivity contribution in [1.82, 2.24) is 10.3 Å². The number of pyridine rings is 1. The largest absolute Gasteiger partial charge is 0.355 e. The maximum atomic E-state index is 11.7. The summed E-state index contributed by atoms with van der Waals surface area (Å²) in [4.78, 5) is 17.1. The van der Waals surface area contributed by atoms with Gasteiger partial charge in [0.1, 0.15) is 0 Å². The van der Waals surface area contributed by atoms with Crippen LogP contribution in [0.4, 0.5) is 0 Å². The normalized spacial score (nSPS) is 10.4. The predicted octanol–water partition coefficient (Wildman–Crippen LogP) is 3.88. The van der Waals surface area contributed by atoms with E-state index in [1.165, 1.54) is 0 Å². The molecular formula is C16H17ClN2OS2. The first-order valence-electron chi connectivity index (χ1n) is 6.87. The summed E-state index contributed by atoms with van der Waals surface area (Å²) in [5.74, 6) is 2.13. The molecule has 1 N–H and O–H groups in total. The van der Waals surface area contributed by atoms with Gasteiger partial charge in [-0.15, -0.1) is 23.5 Å². The van der Waals surface area contributed by atoms with Crippen molar-refractivity contribution < 1.29 is 4.79 Å². The molecule has 0 radical (unpaired) electrons. The van der Waals surface area contributed by atoms with Gasteiger partial charge in [-0.2, -0.15) is 0 Å². The molecule has 1 aromatic carbocycles. The zero-order valence-electron chi connectivity index (χ0n) is 12.0. The van der Waals surface area contributed by atoms with Crippen molar-refractivity contribution in [1.29, 1.82) is 0 Å². The third kappa shape index (κ3) is 6.73. The SMILES string of the molecule is O=C(CSCc1ccccn1)NCCSc1ccc(Cl)cc1. The average molecular weight is 353 g/mol. The van der Waals surface area contributed by atoms with Gasteiger partial charge >= 0.3 is 0 Å². The maximum absolute atomic E-state index is 11.7. The minimum atomic E-state index is 0.0673. The van der Waals surface area contributed by atoms with Crippen LogP contribution >= 0.6 is 35.1 Å². The molecule has 0 spiro atoms. The van der Waals surface area contributed by atoms with Crippen molar-refractivity contribution in [2.24, 2.45) is 0 Å². The fraction of sp³-hybridized carbons (Fsp3) is 0.250. The molecule has 116 valence electrons. The van der Waals surface area contributed by atoms with E-state index in [-0.39, 0.29) is 5.91 Å². The van der Waals surface area contributed by atoms with Gasteiger partial charge in [0.2, 0.25) is 5.91 Å². The Balaban J connectivity index is 1.55. The van der Waals surface area contributed by atoms with E-state index >= 15 is 0 Å². The van der Waals surface area contributed by atoms with E-state index in [0.717, 1.165) is 27.1 Å². The molecule has 22 heavy (non-hydrogen) atoms. The molecule has 0 unspecified atom stereocenters. The first kappa shape index (κ1) is 17.2. The molecule has 1 aromatic heterocycles. The number of nitrogens with zero attached hydrogens (tertiary/aromatic N) is 1. The molecule has 0 saturated heterocycles. The fourth-order valence-electron chi connectivity index (χ4n) is 1.67. The second-order valence-electron chi connectivity index (χ2n) is 4.47. The van der Waals surface area contributed by atoms with E-state index in [1.807, 2.05) is 42.5 Å². The quantitative estimate of drug-likeness (QED) is 0.578. The summed E-state index contributed by atoms with van der Waals surface area (Å²) in [6.07, 6.45) is 1.77. The summed E-state index contributed by atoms with van der Waals surface area (Å²) in [6, 6.07) is 13.5. The van der Waals surface area contributed by atoms with Gasteiger partial charge < -0.3 is 5.32 Å². The van der Waals surface area contributed by atoms with E-state index in [2.05, 4.69) is 10.3 Å². The van der Waals surface area contributed by atoms with Crippen LogP contribution in [0.15, 0.2) is 53.6 Å². The molecule has 0 aliphatic rings. The van der Waals surface area contributed by atoms with Crippen LogP contribution in [0, 0.1) is 0 Å². The first-order valence-corrected chi connectivity index (χ1v) is 9.38. The van der Waals surface area contributed by atoms with Crippen molar-refractivity contribution in [2.45, 2.75) is 10.6 Å². The molecule has 1 amide bonds. The zero-order chi connectivity index (χ0) is 15.6. The molecule has 0 bridgehead atoms. The molecule has 0 atom stereocenters. The fourth-order valence-corrected chi connectivity index (χ4v) is 3.34. The number of thioether (sulfide) groups is 2. The van der Waals surface area contributed by atoms with Crippen LogP contribution < -0.4 is 5.32 Å². The van der Waals surface area contributed by atoms with Crippen molar-refractivity contribution in [2.75, 3.05) is 18.1 Å². The highest BCUT2D eigenvalue weighted by Gasteiger charge is 2.02. The van der Waals surface area contributed by atoms with Crippen molar-refractivity contribution in [3.05, 3.63) is 59.4 Å². The van der Waals surface area contributed by atoms with Crippen molar-refractivity contribution >= 4 is 41.0 Å². The minimum Gasteiger partial charge on any atom is -0.355 e. The molecule has 0 aliphatic carbocycles. The van der Waals surface area contributed by atoms with Crippen LogP contribution in [-0.2, 0) is 10.5 Å². The number of nitrogens with one attached hydrogen (secondary N) is 1. The minimum absolute atomic E-state index is 0.0673. The van der Waals surface area contributed by atoms with E-state index < -0.39 is 0 Å². The summed E-state index contributed by atoms with van der Waals surface area (Å²) < 4.78 is 0. The third-order valence-electron chi connectivity index (χ3n) is 2.72. The van der Waals surface area contributed by atoms with Gasteiger partial charge in [0.25, 0.3) is 0 Å². The van der Waals surface area contributed by atoms with Crippen LogP contribution in [0.2, 0.25) is 5.02 Å².